The summed E-state index contributed by atoms with van der Waals surface area (Å²) in [6.45, 7) is 0.499. The van der Waals surface area contributed by atoms with E-state index in [1.807, 2.05) is 36.4 Å². The number of nitrogens with zero attached hydrogens (tertiary/aromatic N) is 1. The number of ether oxygens (including phenoxy) is 1. The third kappa shape index (κ3) is 11.0. The fourth-order valence-corrected chi connectivity index (χ4v) is 4.79. The highest BCUT2D eigenvalue weighted by molar-refractivity contribution is 7.98. The van der Waals surface area contributed by atoms with E-state index in [1.54, 1.807) is 23.9 Å². The molecule has 0 atom stereocenters. The number of carbonyl (C=O) groups is 1. The van der Waals surface area contributed by atoms with Gasteiger partial charge < -0.3 is 15.6 Å². The number of aryl methyl sites for hydroxylation is 1. The summed E-state index contributed by atoms with van der Waals surface area (Å²) in [7, 11) is 0. The van der Waals surface area contributed by atoms with Crippen LogP contribution in [0.4, 0.5) is 18.9 Å². The molecule has 0 radical (unpaired) electrons. The number of benzene rings is 2. The van der Waals surface area contributed by atoms with Gasteiger partial charge in [0.15, 0.2) is 0 Å². The van der Waals surface area contributed by atoms with E-state index in [0.29, 0.717) is 29.5 Å². The van der Waals surface area contributed by atoms with Crippen LogP contribution in [-0.2, 0) is 23.1 Å². The Balaban J connectivity index is 1.37. The lowest BCUT2D eigenvalue weighted by Crippen LogP contribution is -2.04. The number of unbranched alkanes of at least 4 members (excludes halogenated alkanes) is 5. The minimum atomic E-state index is -4.30. The zero-order valence-corrected chi connectivity index (χ0v) is 22.4. The van der Waals surface area contributed by atoms with Gasteiger partial charge in [0.05, 0.1) is 17.9 Å². The number of aliphatic carboxylic acids is 1. The second-order valence-corrected chi connectivity index (χ2v) is 10.2. The minimum absolute atomic E-state index is 0.478. The molecule has 0 saturated heterocycles. The Bertz CT molecular complexity index is 1230. The molecule has 1 aromatic heterocycles. The average molecular weight is 559 g/mol. The number of nitrogen functional groups attached to an aromatic ring is 1. The number of halogens is 3. The van der Waals surface area contributed by atoms with Gasteiger partial charge in [0.2, 0.25) is 0 Å². The van der Waals surface area contributed by atoms with Crippen molar-refractivity contribution in [2.45, 2.75) is 61.8 Å². The highest BCUT2D eigenvalue weighted by Crippen LogP contribution is 2.29. The van der Waals surface area contributed by atoms with Crippen molar-refractivity contribution in [1.82, 2.24) is 4.98 Å². The summed E-state index contributed by atoms with van der Waals surface area (Å²) in [5.74, 6) is 0.0959. The van der Waals surface area contributed by atoms with Crippen LogP contribution >= 0.6 is 11.8 Å². The molecular weight excluding hydrogens is 525 g/mol. The molecule has 208 valence electrons. The van der Waals surface area contributed by atoms with Crippen molar-refractivity contribution >= 4 is 29.5 Å². The second-order valence-electron chi connectivity index (χ2n) is 9.13. The quantitative estimate of drug-likeness (QED) is 0.0850. The first-order valence-corrected chi connectivity index (χ1v) is 13.9. The predicted octanol–water partition coefficient (Wildman–Crippen LogP) is 8.03. The summed E-state index contributed by atoms with van der Waals surface area (Å²) in [6, 6.07) is 16.7. The number of hydrogen-bond donors (Lipinski definition) is 2. The molecule has 0 amide bonds. The largest absolute Gasteiger partial charge is 0.491 e. The molecule has 0 aliphatic heterocycles. The highest BCUT2D eigenvalue weighted by Gasteiger charge is 2.29. The summed E-state index contributed by atoms with van der Waals surface area (Å²) < 4.78 is 43.9. The molecule has 1 heterocycles. The van der Waals surface area contributed by atoms with E-state index >= 15 is 0 Å². The summed E-state index contributed by atoms with van der Waals surface area (Å²) in [4.78, 5) is 16.7. The number of nitrogens with two attached hydrogens (primary N) is 1. The summed E-state index contributed by atoms with van der Waals surface area (Å²) in [6.07, 6.45) is 4.87. The zero-order chi connectivity index (χ0) is 28.1. The van der Waals surface area contributed by atoms with Crippen molar-refractivity contribution in [3.05, 3.63) is 89.3 Å². The number of carboxylic acids is 1. The van der Waals surface area contributed by atoms with Crippen molar-refractivity contribution in [1.29, 1.82) is 0 Å². The molecule has 0 spiro atoms. The van der Waals surface area contributed by atoms with E-state index in [1.165, 1.54) is 6.08 Å². The van der Waals surface area contributed by atoms with Crippen molar-refractivity contribution < 1.29 is 27.8 Å². The smallest absolute Gasteiger partial charge is 0.416 e. The van der Waals surface area contributed by atoms with E-state index in [2.05, 4.69) is 4.98 Å². The van der Waals surface area contributed by atoms with Gasteiger partial charge in [-0.15, -0.1) is 11.8 Å². The number of hydrogen-bond acceptors (Lipinski definition) is 5. The monoisotopic (exact) mass is 558 g/mol. The molecule has 0 fully saturated rings. The van der Waals surface area contributed by atoms with Crippen LogP contribution < -0.4 is 10.5 Å². The molecule has 9 heteroatoms. The predicted molar refractivity (Wildman–Crippen MR) is 150 cm³/mol. The maximum Gasteiger partial charge on any atom is 0.416 e. The molecule has 5 nitrogen and oxygen atoms in total. The van der Waals surface area contributed by atoms with Gasteiger partial charge in [-0.05, 0) is 73.4 Å². The van der Waals surface area contributed by atoms with Crippen LogP contribution in [0.25, 0.3) is 6.08 Å². The number of aromatic nitrogens is 1. The van der Waals surface area contributed by atoms with Gasteiger partial charge in [-0.25, -0.2) is 9.78 Å². The summed E-state index contributed by atoms with van der Waals surface area (Å²) in [5, 5.41) is 9.04. The number of alkyl halides is 3. The van der Waals surface area contributed by atoms with Crippen LogP contribution in [0.3, 0.4) is 0 Å². The first-order chi connectivity index (χ1) is 18.7. The number of pyridine rings is 1. The van der Waals surface area contributed by atoms with E-state index < -0.39 is 17.7 Å². The van der Waals surface area contributed by atoms with Crippen LogP contribution in [0.5, 0.6) is 5.75 Å². The van der Waals surface area contributed by atoms with Gasteiger partial charge >= 0.3 is 12.1 Å². The molecule has 3 aromatic rings. The van der Waals surface area contributed by atoms with E-state index in [-0.39, 0.29) is 0 Å². The standard InChI is InChI=1S/C30H33F3N2O3S/c31-30(32,33)23-13-11-22(12-14-23)8-5-3-1-2-4-6-19-38-28-17-15-25(35-27(28)16-18-29(36)37)21-39-26-10-7-9-24(34)20-26/h7,9-18,20H,1-6,8,19,21,34H2,(H,36,37). The van der Waals surface area contributed by atoms with Gasteiger partial charge in [-0.1, -0.05) is 43.9 Å². The van der Waals surface area contributed by atoms with Crippen LogP contribution in [0.1, 0.15) is 61.0 Å². The van der Waals surface area contributed by atoms with E-state index in [0.717, 1.165) is 79.3 Å². The molecule has 0 saturated carbocycles. The van der Waals surface area contributed by atoms with Gasteiger partial charge in [0.1, 0.15) is 11.4 Å². The Morgan fingerprint density at radius 2 is 1.69 bits per heavy atom. The van der Waals surface area contributed by atoms with Crippen LogP contribution in [0.2, 0.25) is 0 Å². The van der Waals surface area contributed by atoms with Crippen molar-refractivity contribution in [2.75, 3.05) is 12.3 Å². The Morgan fingerprint density at radius 3 is 2.38 bits per heavy atom. The molecule has 0 aliphatic carbocycles. The van der Waals surface area contributed by atoms with E-state index in [4.69, 9.17) is 15.6 Å². The molecule has 0 aliphatic rings. The molecule has 3 rings (SSSR count). The summed E-state index contributed by atoms with van der Waals surface area (Å²) in [5.41, 5.74) is 8.12. The number of rotatable bonds is 15. The highest BCUT2D eigenvalue weighted by atomic mass is 32.2. The first kappa shape index (κ1) is 30.1. The van der Waals surface area contributed by atoms with Crippen molar-refractivity contribution in [3.63, 3.8) is 0 Å². The minimum Gasteiger partial charge on any atom is -0.491 e. The molecule has 0 unspecified atom stereocenters. The maximum absolute atomic E-state index is 12.6. The van der Waals surface area contributed by atoms with Gasteiger partial charge in [0, 0.05) is 22.4 Å². The van der Waals surface area contributed by atoms with Gasteiger partial charge in [-0.2, -0.15) is 13.2 Å². The average Bonchev–Trinajstić information content (AvgIpc) is 2.90. The Kier molecular flexibility index (Phi) is 11.7. The molecule has 2 aromatic carbocycles. The Hall–Kier alpha value is -3.46. The topological polar surface area (TPSA) is 85.4 Å². The third-order valence-electron chi connectivity index (χ3n) is 5.97. The SMILES string of the molecule is Nc1cccc(SCc2ccc(OCCCCCCCCc3ccc(C(F)(F)F)cc3)c(C=CC(=O)O)n2)c1. The first-order valence-electron chi connectivity index (χ1n) is 12.9. The zero-order valence-electron chi connectivity index (χ0n) is 21.6. The molecule has 39 heavy (non-hydrogen) atoms. The lowest BCUT2D eigenvalue weighted by molar-refractivity contribution is -0.137. The second kappa shape index (κ2) is 15.2. The van der Waals surface area contributed by atoms with Gasteiger partial charge in [-0.3, -0.25) is 0 Å². The molecule has 0 bridgehead atoms. The molecule has 3 N–H and O–H groups in total. The summed E-state index contributed by atoms with van der Waals surface area (Å²) >= 11 is 1.59. The van der Waals surface area contributed by atoms with Crippen LogP contribution in [-0.4, -0.2) is 22.7 Å². The number of thioether (sulfide) groups is 1. The normalized spacial score (nSPS) is 11.7. The van der Waals surface area contributed by atoms with Crippen molar-refractivity contribution in [2.24, 2.45) is 0 Å². The Morgan fingerprint density at radius 1 is 0.974 bits per heavy atom. The van der Waals surface area contributed by atoms with Crippen LogP contribution in [0.15, 0.2) is 71.6 Å². The fraction of sp³-hybridized carbons (Fsp3) is 0.333. The van der Waals surface area contributed by atoms with Gasteiger partial charge in [0.25, 0.3) is 0 Å². The number of carboxylic acid groups (broad SMARTS) is 1. The Labute approximate surface area is 231 Å². The fourth-order valence-electron chi connectivity index (χ4n) is 3.92. The lowest BCUT2D eigenvalue weighted by Gasteiger charge is -2.11. The van der Waals surface area contributed by atoms with Crippen molar-refractivity contribution in [3.8, 4) is 5.75 Å². The maximum atomic E-state index is 12.6. The number of anilines is 1. The lowest BCUT2D eigenvalue weighted by atomic mass is 10.0. The third-order valence-corrected chi connectivity index (χ3v) is 7.00. The molecular formula is C30H33F3N2O3S. The van der Waals surface area contributed by atoms with Crippen LogP contribution in [0, 0.1) is 0 Å². The van der Waals surface area contributed by atoms with E-state index in [9.17, 15) is 18.0 Å².